The molecule has 0 saturated carbocycles. The molecule has 0 spiro atoms. The van der Waals surface area contributed by atoms with Crippen molar-refractivity contribution >= 4 is 11.6 Å². The first-order valence-electron chi connectivity index (χ1n) is 6.73. The Kier molecular flexibility index (Phi) is 4.09. The van der Waals surface area contributed by atoms with E-state index in [9.17, 15) is 4.79 Å². The highest BCUT2D eigenvalue weighted by Gasteiger charge is 2.27. The maximum absolute atomic E-state index is 12.2. The normalized spacial score (nSPS) is 22.7. The molecule has 1 aliphatic heterocycles. The Morgan fingerprint density at radius 3 is 2.95 bits per heavy atom. The van der Waals surface area contributed by atoms with E-state index >= 15 is 0 Å². The standard InChI is InChI=1S/C13H22N4O2/c1-4-10-9(5-6-19-10)7-15-13(18)12-11(14)8(2)16-17(12)3/h9-10H,4-7,14H2,1-3H3,(H,15,18). The molecule has 2 unspecified atom stereocenters. The van der Waals surface area contributed by atoms with Crippen LogP contribution in [-0.2, 0) is 11.8 Å². The molecular weight excluding hydrogens is 244 g/mol. The van der Waals surface area contributed by atoms with Crippen LogP contribution in [0.3, 0.4) is 0 Å². The van der Waals surface area contributed by atoms with Gasteiger partial charge in [0.25, 0.3) is 5.91 Å². The first kappa shape index (κ1) is 13.9. The van der Waals surface area contributed by atoms with E-state index in [4.69, 9.17) is 10.5 Å². The first-order chi connectivity index (χ1) is 9.04. The van der Waals surface area contributed by atoms with Crippen LogP contribution in [0.25, 0.3) is 0 Å². The lowest BCUT2D eigenvalue weighted by molar-refractivity contribution is 0.0823. The van der Waals surface area contributed by atoms with Crippen molar-refractivity contribution in [2.24, 2.45) is 13.0 Å². The van der Waals surface area contributed by atoms with E-state index in [0.717, 1.165) is 19.4 Å². The molecule has 1 aromatic rings. The number of nitrogens with zero attached hydrogens (tertiary/aromatic N) is 2. The van der Waals surface area contributed by atoms with Crippen molar-refractivity contribution in [2.45, 2.75) is 32.8 Å². The number of hydrogen-bond acceptors (Lipinski definition) is 4. The maximum Gasteiger partial charge on any atom is 0.271 e. The minimum atomic E-state index is -0.164. The fraction of sp³-hybridized carbons (Fsp3) is 0.692. The zero-order valence-electron chi connectivity index (χ0n) is 11.8. The largest absolute Gasteiger partial charge is 0.395 e. The van der Waals surface area contributed by atoms with E-state index in [-0.39, 0.29) is 12.0 Å². The van der Waals surface area contributed by atoms with E-state index in [2.05, 4.69) is 17.3 Å². The van der Waals surface area contributed by atoms with E-state index in [1.54, 1.807) is 14.0 Å². The lowest BCUT2D eigenvalue weighted by Gasteiger charge is -2.17. The van der Waals surface area contributed by atoms with Gasteiger partial charge in [0.1, 0.15) is 5.69 Å². The average molecular weight is 266 g/mol. The molecule has 1 fully saturated rings. The van der Waals surface area contributed by atoms with Crippen LogP contribution in [0.5, 0.6) is 0 Å². The second-order valence-electron chi connectivity index (χ2n) is 5.05. The van der Waals surface area contributed by atoms with Crippen LogP contribution < -0.4 is 11.1 Å². The first-order valence-corrected chi connectivity index (χ1v) is 6.73. The van der Waals surface area contributed by atoms with E-state index < -0.39 is 0 Å². The Morgan fingerprint density at radius 1 is 1.63 bits per heavy atom. The number of aryl methyl sites for hydroxylation is 2. The van der Waals surface area contributed by atoms with E-state index in [1.807, 2.05) is 0 Å². The number of rotatable bonds is 4. The third-order valence-corrected chi connectivity index (χ3v) is 3.76. The minimum Gasteiger partial charge on any atom is -0.395 e. The molecule has 0 aromatic carbocycles. The number of aromatic nitrogens is 2. The van der Waals surface area contributed by atoms with Gasteiger partial charge in [-0.05, 0) is 19.8 Å². The topological polar surface area (TPSA) is 82.2 Å². The molecule has 1 amide bonds. The summed E-state index contributed by atoms with van der Waals surface area (Å²) in [7, 11) is 1.73. The Hall–Kier alpha value is -1.56. The summed E-state index contributed by atoms with van der Waals surface area (Å²) in [5, 5.41) is 7.09. The summed E-state index contributed by atoms with van der Waals surface area (Å²) >= 11 is 0. The molecule has 6 nitrogen and oxygen atoms in total. The van der Waals surface area contributed by atoms with Crippen LogP contribution >= 0.6 is 0 Å². The molecule has 0 bridgehead atoms. The van der Waals surface area contributed by atoms with Gasteiger partial charge < -0.3 is 15.8 Å². The number of amides is 1. The molecule has 0 radical (unpaired) electrons. The average Bonchev–Trinajstić information content (AvgIpc) is 2.92. The molecule has 19 heavy (non-hydrogen) atoms. The van der Waals surface area contributed by atoms with Crippen LogP contribution in [0.1, 0.15) is 35.9 Å². The van der Waals surface area contributed by atoms with Crippen molar-refractivity contribution in [1.82, 2.24) is 15.1 Å². The van der Waals surface area contributed by atoms with Crippen molar-refractivity contribution in [3.63, 3.8) is 0 Å². The van der Waals surface area contributed by atoms with Crippen LogP contribution in [0, 0.1) is 12.8 Å². The molecule has 3 N–H and O–H groups in total. The number of nitrogens with two attached hydrogens (primary N) is 1. The number of anilines is 1. The summed E-state index contributed by atoms with van der Waals surface area (Å²) in [6.45, 7) is 5.31. The summed E-state index contributed by atoms with van der Waals surface area (Å²) in [6.07, 6.45) is 2.23. The van der Waals surface area contributed by atoms with Crippen LogP contribution in [-0.4, -0.2) is 34.9 Å². The minimum absolute atomic E-state index is 0.164. The van der Waals surface area contributed by atoms with Gasteiger partial charge in [0.05, 0.1) is 17.5 Å². The summed E-state index contributed by atoms with van der Waals surface area (Å²) < 4.78 is 7.14. The zero-order chi connectivity index (χ0) is 14.0. The predicted molar refractivity (Wildman–Crippen MR) is 72.8 cm³/mol. The summed E-state index contributed by atoms with van der Waals surface area (Å²) in [5.41, 5.74) is 7.44. The highest BCUT2D eigenvalue weighted by atomic mass is 16.5. The number of ether oxygens (including phenoxy) is 1. The molecular formula is C13H22N4O2. The van der Waals surface area contributed by atoms with Gasteiger partial charge >= 0.3 is 0 Å². The van der Waals surface area contributed by atoms with Gasteiger partial charge in [-0.25, -0.2) is 0 Å². The third-order valence-electron chi connectivity index (χ3n) is 3.76. The second kappa shape index (κ2) is 5.61. The van der Waals surface area contributed by atoms with Crippen molar-refractivity contribution in [3.05, 3.63) is 11.4 Å². The number of nitrogens with one attached hydrogen (secondary N) is 1. The molecule has 6 heteroatoms. The van der Waals surface area contributed by atoms with E-state index in [0.29, 0.717) is 29.5 Å². The molecule has 2 heterocycles. The summed E-state index contributed by atoms with van der Waals surface area (Å²) in [5.74, 6) is 0.229. The fourth-order valence-corrected chi connectivity index (χ4v) is 2.63. The number of nitrogen functional groups attached to an aromatic ring is 1. The van der Waals surface area contributed by atoms with Gasteiger partial charge in [-0.15, -0.1) is 0 Å². The number of carbonyl (C=O) groups is 1. The lowest BCUT2D eigenvalue weighted by Crippen LogP contribution is -2.34. The van der Waals surface area contributed by atoms with Crippen molar-refractivity contribution < 1.29 is 9.53 Å². The third kappa shape index (κ3) is 2.73. The predicted octanol–water partition coefficient (Wildman–Crippen LogP) is 0.856. The van der Waals surface area contributed by atoms with Crippen molar-refractivity contribution in [3.8, 4) is 0 Å². The highest BCUT2D eigenvalue weighted by molar-refractivity contribution is 5.97. The molecule has 1 saturated heterocycles. The van der Waals surface area contributed by atoms with Crippen LogP contribution in [0.2, 0.25) is 0 Å². The highest BCUT2D eigenvalue weighted by Crippen LogP contribution is 2.23. The van der Waals surface area contributed by atoms with Gasteiger partial charge in [0, 0.05) is 26.1 Å². The van der Waals surface area contributed by atoms with Crippen molar-refractivity contribution in [1.29, 1.82) is 0 Å². The zero-order valence-corrected chi connectivity index (χ0v) is 11.8. The Balaban J connectivity index is 1.98. The molecule has 106 valence electrons. The second-order valence-corrected chi connectivity index (χ2v) is 5.05. The molecule has 1 aromatic heterocycles. The van der Waals surface area contributed by atoms with E-state index in [1.165, 1.54) is 4.68 Å². The summed E-state index contributed by atoms with van der Waals surface area (Å²) in [6, 6.07) is 0. The van der Waals surface area contributed by atoms with Gasteiger partial charge in [-0.1, -0.05) is 6.92 Å². The quantitative estimate of drug-likeness (QED) is 0.846. The smallest absolute Gasteiger partial charge is 0.271 e. The molecule has 2 atom stereocenters. The van der Waals surface area contributed by atoms with Gasteiger partial charge in [0.15, 0.2) is 0 Å². The van der Waals surface area contributed by atoms with Gasteiger partial charge in [0.2, 0.25) is 0 Å². The Bertz CT molecular complexity index is 469. The Labute approximate surface area is 113 Å². The molecule has 1 aliphatic rings. The van der Waals surface area contributed by atoms with Crippen LogP contribution in [0.15, 0.2) is 0 Å². The SMILES string of the molecule is CCC1OCCC1CNC(=O)c1c(N)c(C)nn1C. The maximum atomic E-state index is 12.2. The molecule has 2 rings (SSSR count). The van der Waals surface area contributed by atoms with Gasteiger partial charge in [-0.2, -0.15) is 5.10 Å². The molecule has 0 aliphatic carbocycles. The van der Waals surface area contributed by atoms with Crippen LogP contribution in [0.4, 0.5) is 5.69 Å². The fourth-order valence-electron chi connectivity index (χ4n) is 2.63. The van der Waals surface area contributed by atoms with Crippen molar-refractivity contribution in [2.75, 3.05) is 18.9 Å². The number of hydrogen-bond donors (Lipinski definition) is 2. The van der Waals surface area contributed by atoms with Gasteiger partial charge in [-0.3, -0.25) is 9.48 Å². The number of carbonyl (C=O) groups excluding carboxylic acids is 1. The monoisotopic (exact) mass is 266 g/mol. The lowest BCUT2D eigenvalue weighted by atomic mass is 10.00. The summed E-state index contributed by atoms with van der Waals surface area (Å²) in [4.78, 5) is 12.2. The Morgan fingerprint density at radius 2 is 2.37 bits per heavy atom.